The first-order chi connectivity index (χ1) is 9.75. The Morgan fingerprint density at radius 2 is 1.55 bits per heavy atom. The third kappa shape index (κ3) is 2.09. The normalized spacial score (nSPS) is 25.1. The summed E-state index contributed by atoms with van der Waals surface area (Å²) in [7, 11) is -0.240. The maximum absolute atomic E-state index is 6.04. The van der Waals surface area contributed by atoms with E-state index in [0.717, 1.165) is 0 Å². The molecule has 1 heterocycles. The summed E-state index contributed by atoms with van der Waals surface area (Å²) in [5.74, 6) is 0. The molecule has 1 aliphatic rings. The quantitative estimate of drug-likeness (QED) is 0.787. The van der Waals surface area contributed by atoms with E-state index in [2.05, 4.69) is 78.0 Å². The smallest absolute Gasteiger partial charge is 0.313 e. The maximum atomic E-state index is 6.04. The molecule has 0 fully saturated rings. The lowest BCUT2D eigenvalue weighted by Crippen LogP contribution is -2.52. The Hall–Kier alpha value is -1.84. The SMILES string of the molecule is CO[Si]1(C)C(c2ccccc2)C=CN1c1ccccc1. The van der Waals surface area contributed by atoms with Gasteiger partial charge in [-0.25, -0.2) is 0 Å². The molecule has 2 unspecified atom stereocenters. The summed E-state index contributed by atoms with van der Waals surface area (Å²) in [6, 6.07) is 21.1. The zero-order valence-corrected chi connectivity index (χ0v) is 12.9. The van der Waals surface area contributed by atoms with Crippen molar-refractivity contribution in [3.8, 4) is 0 Å². The highest BCUT2D eigenvalue weighted by Crippen LogP contribution is 2.39. The van der Waals surface area contributed by atoms with E-state index in [0.29, 0.717) is 5.54 Å². The molecule has 20 heavy (non-hydrogen) atoms. The van der Waals surface area contributed by atoms with E-state index in [-0.39, 0.29) is 0 Å². The molecule has 2 atom stereocenters. The Balaban J connectivity index is 1.99. The molecular formula is C17H19NOSi. The Morgan fingerprint density at radius 3 is 2.15 bits per heavy atom. The second kappa shape index (κ2) is 5.27. The number of hydrogen-bond donors (Lipinski definition) is 0. The minimum absolute atomic E-state index is 0.355. The number of benzene rings is 2. The fourth-order valence-electron chi connectivity index (χ4n) is 2.89. The van der Waals surface area contributed by atoms with Crippen LogP contribution in [-0.2, 0) is 4.43 Å². The first-order valence-electron chi connectivity index (χ1n) is 6.88. The van der Waals surface area contributed by atoms with E-state index in [9.17, 15) is 0 Å². The Kier molecular flexibility index (Phi) is 3.47. The molecule has 2 nitrogen and oxygen atoms in total. The molecule has 2 aromatic carbocycles. The number of nitrogens with zero attached hydrogens (tertiary/aromatic N) is 1. The van der Waals surface area contributed by atoms with Gasteiger partial charge in [-0.05, 0) is 30.4 Å². The summed E-state index contributed by atoms with van der Waals surface area (Å²) in [5, 5.41) is 0. The maximum Gasteiger partial charge on any atom is 0.313 e. The second-order valence-corrected chi connectivity index (χ2v) is 8.82. The third-order valence-electron chi connectivity index (χ3n) is 4.09. The van der Waals surface area contributed by atoms with Crippen LogP contribution in [0.4, 0.5) is 5.69 Å². The highest BCUT2D eigenvalue weighted by atomic mass is 28.4. The fraction of sp³-hybridized carbons (Fsp3) is 0.176. The van der Waals surface area contributed by atoms with Crippen LogP contribution in [0.2, 0.25) is 6.55 Å². The molecule has 102 valence electrons. The standard InChI is InChI=1S/C17H19NOSi/c1-19-20(2)17(15-9-5-3-6-10-15)13-14-18(20)16-11-7-4-8-12-16/h3-14,17H,1-2H3. The predicted octanol–water partition coefficient (Wildman–Crippen LogP) is 4.06. The van der Waals surface area contributed by atoms with Crippen molar-refractivity contribution in [3.63, 3.8) is 0 Å². The summed E-state index contributed by atoms with van der Waals surface area (Å²) < 4.78 is 8.37. The van der Waals surface area contributed by atoms with Crippen LogP contribution in [0, 0.1) is 0 Å². The first-order valence-corrected chi connectivity index (χ1v) is 9.32. The van der Waals surface area contributed by atoms with Gasteiger partial charge in [-0.3, -0.25) is 0 Å². The van der Waals surface area contributed by atoms with Gasteiger partial charge in [0.05, 0.1) is 0 Å². The number of rotatable bonds is 3. The molecule has 0 N–H and O–H groups in total. The van der Waals surface area contributed by atoms with Crippen LogP contribution >= 0.6 is 0 Å². The van der Waals surface area contributed by atoms with Gasteiger partial charge in [-0.15, -0.1) is 0 Å². The number of anilines is 1. The van der Waals surface area contributed by atoms with E-state index in [1.807, 2.05) is 13.2 Å². The molecule has 0 spiro atoms. The first kappa shape index (κ1) is 13.2. The Bertz CT molecular complexity index is 547. The van der Waals surface area contributed by atoms with Crippen molar-refractivity contribution in [1.82, 2.24) is 0 Å². The van der Waals surface area contributed by atoms with Gasteiger partial charge < -0.3 is 8.99 Å². The lowest BCUT2D eigenvalue weighted by atomic mass is 10.1. The average molecular weight is 281 g/mol. The van der Waals surface area contributed by atoms with Gasteiger partial charge in [0.15, 0.2) is 0 Å². The number of hydrogen-bond acceptors (Lipinski definition) is 2. The average Bonchev–Trinajstić information content (AvgIpc) is 2.87. The van der Waals surface area contributed by atoms with E-state index < -0.39 is 8.48 Å². The molecule has 0 saturated heterocycles. The van der Waals surface area contributed by atoms with Crippen molar-refractivity contribution in [2.45, 2.75) is 12.1 Å². The van der Waals surface area contributed by atoms with Crippen LogP contribution in [0.15, 0.2) is 72.9 Å². The van der Waals surface area contributed by atoms with Crippen molar-refractivity contribution >= 4 is 14.2 Å². The van der Waals surface area contributed by atoms with Crippen molar-refractivity contribution < 1.29 is 4.43 Å². The van der Waals surface area contributed by atoms with Crippen molar-refractivity contribution in [1.29, 1.82) is 0 Å². The van der Waals surface area contributed by atoms with E-state index in [1.54, 1.807) is 0 Å². The van der Waals surface area contributed by atoms with Crippen LogP contribution in [0.3, 0.4) is 0 Å². The lowest BCUT2D eigenvalue weighted by molar-refractivity contribution is 0.394. The van der Waals surface area contributed by atoms with Crippen molar-refractivity contribution in [2.75, 3.05) is 11.7 Å². The topological polar surface area (TPSA) is 12.5 Å². The monoisotopic (exact) mass is 281 g/mol. The number of allylic oxidation sites excluding steroid dienone is 1. The molecule has 0 aromatic heterocycles. The Morgan fingerprint density at radius 1 is 0.950 bits per heavy atom. The molecule has 0 saturated carbocycles. The van der Waals surface area contributed by atoms with Gasteiger partial charge in [0, 0.05) is 18.3 Å². The summed E-state index contributed by atoms with van der Waals surface area (Å²) in [5.41, 5.74) is 2.89. The summed E-state index contributed by atoms with van der Waals surface area (Å²) in [6.07, 6.45) is 4.46. The molecule has 3 heteroatoms. The van der Waals surface area contributed by atoms with E-state index >= 15 is 0 Å². The van der Waals surface area contributed by atoms with Crippen LogP contribution in [0.1, 0.15) is 11.1 Å². The van der Waals surface area contributed by atoms with Crippen LogP contribution in [0.5, 0.6) is 0 Å². The van der Waals surface area contributed by atoms with Gasteiger partial charge >= 0.3 is 8.48 Å². The van der Waals surface area contributed by atoms with E-state index in [1.165, 1.54) is 11.3 Å². The highest BCUT2D eigenvalue weighted by molar-refractivity contribution is 6.79. The molecule has 0 bridgehead atoms. The largest absolute Gasteiger partial charge is 0.402 e. The number of para-hydroxylation sites is 1. The minimum Gasteiger partial charge on any atom is -0.402 e. The summed E-state index contributed by atoms with van der Waals surface area (Å²) in [4.78, 5) is 0. The molecular weight excluding hydrogens is 262 g/mol. The van der Waals surface area contributed by atoms with Crippen molar-refractivity contribution in [2.24, 2.45) is 0 Å². The fourth-order valence-corrected chi connectivity index (χ4v) is 5.93. The molecule has 0 radical (unpaired) electrons. The molecule has 1 aliphatic heterocycles. The van der Waals surface area contributed by atoms with Gasteiger partial charge in [0.1, 0.15) is 0 Å². The zero-order chi connectivity index (χ0) is 14.0. The second-order valence-electron chi connectivity index (χ2n) is 5.19. The predicted molar refractivity (Wildman–Crippen MR) is 85.9 cm³/mol. The molecule has 0 aliphatic carbocycles. The van der Waals surface area contributed by atoms with Gasteiger partial charge in [-0.1, -0.05) is 54.6 Å². The molecule has 3 rings (SSSR count). The summed E-state index contributed by atoms with van der Waals surface area (Å²) in [6.45, 7) is 2.28. The van der Waals surface area contributed by atoms with Crippen molar-refractivity contribution in [3.05, 3.63) is 78.5 Å². The molecule has 0 amide bonds. The van der Waals surface area contributed by atoms with Crippen LogP contribution in [0.25, 0.3) is 0 Å². The minimum atomic E-state index is -2.08. The highest BCUT2D eigenvalue weighted by Gasteiger charge is 2.47. The zero-order valence-electron chi connectivity index (χ0n) is 11.9. The summed E-state index contributed by atoms with van der Waals surface area (Å²) >= 11 is 0. The van der Waals surface area contributed by atoms with Crippen LogP contribution < -0.4 is 4.57 Å². The van der Waals surface area contributed by atoms with Gasteiger partial charge in [0.25, 0.3) is 0 Å². The molecule has 2 aromatic rings. The van der Waals surface area contributed by atoms with Crippen LogP contribution in [-0.4, -0.2) is 15.6 Å². The van der Waals surface area contributed by atoms with Gasteiger partial charge in [-0.2, -0.15) is 0 Å². The lowest BCUT2D eigenvalue weighted by Gasteiger charge is -2.36. The Labute approximate surface area is 121 Å². The third-order valence-corrected chi connectivity index (χ3v) is 7.96. The van der Waals surface area contributed by atoms with E-state index in [4.69, 9.17) is 4.43 Å². The van der Waals surface area contributed by atoms with Gasteiger partial charge in [0.2, 0.25) is 0 Å².